The van der Waals surface area contributed by atoms with E-state index in [0.29, 0.717) is 6.54 Å². The summed E-state index contributed by atoms with van der Waals surface area (Å²) in [6.07, 6.45) is 2.03. The quantitative estimate of drug-likeness (QED) is 0.932. The summed E-state index contributed by atoms with van der Waals surface area (Å²) in [4.78, 5) is 27.9. The molecule has 0 bridgehead atoms. The van der Waals surface area contributed by atoms with Crippen molar-refractivity contribution in [2.75, 3.05) is 0 Å². The standard InChI is InChI=1S/C19H26N2O2/c1-18(2,3)15-16(22)20-19(4,14-10-11-14)17(23)21(15)12-13-8-6-5-7-9-13/h5-9,14-15H,10-12H2,1-4H3,(H,20,22). The molecule has 3 rings (SSSR count). The lowest BCUT2D eigenvalue weighted by molar-refractivity contribution is -0.160. The number of hydrogen-bond donors (Lipinski definition) is 1. The molecule has 0 aromatic heterocycles. The van der Waals surface area contributed by atoms with E-state index in [0.717, 1.165) is 18.4 Å². The molecule has 23 heavy (non-hydrogen) atoms. The second-order valence-corrected chi connectivity index (χ2v) is 8.15. The maximum absolute atomic E-state index is 13.2. The Bertz CT molecular complexity index is 616. The van der Waals surface area contributed by atoms with E-state index in [1.165, 1.54) is 0 Å². The molecule has 0 spiro atoms. The van der Waals surface area contributed by atoms with Crippen LogP contribution in [0.3, 0.4) is 0 Å². The molecular formula is C19H26N2O2. The van der Waals surface area contributed by atoms with Crippen LogP contribution in [0.4, 0.5) is 0 Å². The molecular weight excluding hydrogens is 288 g/mol. The monoisotopic (exact) mass is 314 g/mol. The van der Waals surface area contributed by atoms with Crippen LogP contribution < -0.4 is 5.32 Å². The molecule has 1 N–H and O–H groups in total. The fourth-order valence-corrected chi connectivity index (χ4v) is 3.68. The number of carbonyl (C=O) groups is 2. The third kappa shape index (κ3) is 2.87. The number of benzene rings is 1. The van der Waals surface area contributed by atoms with Crippen LogP contribution in [0.1, 0.15) is 46.1 Å². The van der Waals surface area contributed by atoms with Crippen molar-refractivity contribution in [1.29, 1.82) is 0 Å². The maximum Gasteiger partial charge on any atom is 0.249 e. The van der Waals surface area contributed by atoms with Crippen molar-refractivity contribution in [2.24, 2.45) is 11.3 Å². The average molecular weight is 314 g/mol. The summed E-state index contributed by atoms with van der Waals surface area (Å²) >= 11 is 0. The van der Waals surface area contributed by atoms with Crippen molar-refractivity contribution >= 4 is 11.8 Å². The van der Waals surface area contributed by atoms with Crippen molar-refractivity contribution in [3.63, 3.8) is 0 Å². The number of nitrogens with one attached hydrogen (secondary N) is 1. The molecule has 2 aliphatic rings. The van der Waals surface area contributed by atoms with Gasteiger partial charge in [-0.05, 0) is 36.7 Å². The van der Waals surface area contributed by atoms with Gasteiger partial charge < -0.3 is 10.2 Å². The van der Waals surface area contributed by atoms with E-state index in [4.69, 9.17) is 0 Å². The predicted molar refractivity (Wildman–Crippen MR) is 89.5 cm³/mol. The zero-order valence-corrected chi connectivity index (χ0v) is 14.4. The van der Waals surface area contributed by atoms with Crippen LogP contribution in [-0.2, 0) is 16.1 Å². The summed E-state index contributed by atoms with van der Waals surface area (Å²) in [6, 6.07) is 9.47. The average Bonchev–Trinajstić information content (AvgIpc) is 3.29. The fourth-order valence-electron chi connectivity index (χ4n) is 3.68. The second-order valence-electron chi connectivity index (χ2n) is 8.15. The van der Waals surface area contributed by atoms with Crippen LogP contribution in [0.2, 0.25) is 0 Å². The SMILES string of the molecule is CC(C)(C)C1C(=O)NC(C)(C2CC2)C(=O)N1Cc1ccccc1. The highest BCUT2D eigenvalue weighted by Crippen LogP contribution is 2.44. The van der Waals surface area contributed by atoms with Crippen molar-refractivity contribution in [3.05, 3.63) is 35.9 Å². The molecule has 1 aromatic carbocycles. The van der Waals surface area contributed by atoms with Gasteiger partial charge in [0.15, 0.2) is 0 Å². The van der Waals surface area contributed by atoms with Gasteiger partial charge in [0, 0.05) is 6.54 Å². The van der Waals surface area contributed by atoms with Crippen LogP contribution >= 0.6 is 0 Å². The summed E-state index contributed by atoms with van der Waals surface area (Å²) in [5, 5.41) is 3.05. The number of nitrogens with zero attached hydrogens (tertiary/aromatic N) is 1. The molecule has 2 fully saturated rings. The van der Waals surface area contributed by atoms with E-state index in [-0.39, 0.29) is 23.1 Å². The summed E-state index contributed by atoms with van der Waals surface area (Å²) in [7, 11) is 0. The van der Waals surface area contributed by atoms with E-state index >= 15 is 0 Å². The summed E-state index contributed by atoms with van der Waals surface area (Å²) in [6.45, 7) is 8.42. The van der Waals surface area contributed by atoms with Gasteiger partial charge in [0.05, 0.1) is 0 Å². The van der Waals surface area contributed by atoms with Gasteiger partial charge in [0.2, 0.25) is 11.8 Å². The summed E-state index contributed by atoms with van der Waals surface area (Å²) < 4.78 is 0. The largest absolute Gasteiger partial charge is 0.340 e. The first-order chi connectivity index (χ1) is 10.7. The minimum atomic E-state index is -0.742. The smallest absolute Gasteiger partial charge is 0.249 e. The van der Waals surface area contributed by atoms with Crippen LogP contribution in [0, 0.1) is 11.3 Å². The van der Waals surface area contributed by atoms with Crippen LogP contribution in [-0.4, -0.2) is 28.3 Å². The summed E-state index contributed by atoms with van der Waals surface area (Å²) in [5.74, 6) is 0.309. The molecule has 4 nitrogen and oxygen atoms in total. The Morgan fingerprint density at radius 3 is 2.30 bits per heavy atom. The Balaban J connectivity index is 1.97. The number of piperazine rings is 1. The minimum Gasteiger partial charge on any atom is -0.340 e. The highest BCUT2D eigenvalue weighted by molar-refractivity contribution is 6.00. The van der Waals surface area contributed by atoms with Crippen molar-refractivity contribution < 1.29 is 9.59 Å². The van der Waals surface area contributed by atoms with Gasteiger partial charge in [-0.15, -0.1) is 0 Å². The Labute approximate surface area is 138 Å². The number of carbonyl (C=O) groups excluding carboxylic acids is 2. The molecule has 2 amide bonds. The van der Waals surface area contributed by atoms with Gasteiger partial charge in [-0.2, -0.15) is 0 Å². The second kappa shape index (κ2) is 5.36. The first-order valence-corrected chi connectivity index (χ1v) is 8.40. The third-order valence-corrected chi connectivity index (χ3v) is 5.06. The van der Waals surface area contributed by atoms with Crippen molar-refractivity contribution in [1.82, 2.24) is 10.2 Å². The van der Waals surface area contributed by atoms with Gasteiger partial charge in [0.1, 0.15) is 11.6 Å². The molecule has 4 heteroatoms. The Hall–Kier alpha value is -1.84. The molecule has 1 aromatic rings. The molecule has 2 atom stereocenters. The fraction of sp³-hybridized carbons (Fsp3) is 0.579. The van der Waals surface area contributed by atoms with E-state index < -0.39 is 11.6 Å². The minimum absolute atomic E-state index is 0.0255. The van der Waals surface area contributed by atoms with Gasteiger partial charge >= 0.3 is 0 Å². The molecule has 1 aliphatic heterocycles. The first kappa shape index (κ1) is 16.0. The third-order valence-electron chi connectivity index (χ3n) is 5.06. The molecule has 1 saturated carbocycles. The predicted octanol–water partition coefficient (Wildman–Crippen LogP) is 2.73. The van der Waals surface area contributed by atoms with E-state index in [1.54, 1.807) is 4.90 Å². The zero-order chi connectivity index (χ0) is 16.8. The van der Waals surface area contributed by atoms with Gasteiger partial charge in [-0.1, -0.05) is 51.1 Å². The molecule has 1 heterocycles. The highest BCUT2D eigenvalue weighted by Gasteiger charge is 2.57. The topological polar surface area (TPSA) is 49.4 Å². The molecule has 2 unspecified atom stereocenters. The van der Waals surface area contributed by atoms with Gasteiger partial charge in [-0.25, -0.2) is 0 Å². The Kier molecular flexibility index (Phi) is 3.74. The highest BCUT2D eigenvalue weighted by atomic mass is 16.2. The Morgan fingerprint density at radius 1 is 1.17 bits per heavy atom. The molecule has 124 valence electrons. The lowest BCUT2D eigenvalue weighted by Gasteiger charge is -2.49. The summed E-state index contributed by atoms with van der Waals surface area (Å²) in [5.41, 5.74) is 0.00969. The zero-order valence-electron chi connectivity index (χ0n) is 14.4. The molecule has 1 aliphatic carbocycles. The van der Waals surface area contributed by atoms with Crippen LogP contribution in [0.25, 0.3) is 0 Å². The number of hydrogen-bond acceptors (Lipinski definition) is 2. The van der Waals surface area contributed by atoms with Crippen LogP contribution in [0.15, 0.2) is 30.3 Å². The lowest BCUT2D eigenvalue weighted by atomic mass is 9.79. The first-order valence-electron chi connectivity index (χ1n) is 8.40. The van der Waals surface area contributed by atoms with Crippen molar-refractivity contribution in [2.45, 2.75) is 58.7 Å². The number of rotatable bonds is 3. The normalized spacial score (nSPS) is 28.7. The van der Waals surface area contributed by atoms with Crippen molar-refractivity contribution in [3.8, 4) is 0 Å². The van der Waals surface area contributed by atoms with Gasteiger partial charge in [-0.3, -0.25) is 9.59 Å². The van der Waals surface area contributed by atoms with Gasteiger partial charge in [0.25, 0.3) is 0 Å². The molecule has 0 radical (unpaired) electrons. The maximum atomic E-state index is 13.2. The molecule has 1 saturated heterocycles. The van der Waals surface area contributed by atoms with E-state index in [9.17, 15) is 9.59 Å². The number of amides is 2. The Morgan fingerprint density at radius 2 is 1.78 bits per heavy atom. The van der Waals surface area contributed by atoms with E-state index in [1.807, 2.05) is 58.0 Å². The lowest BCUT2D eigenvalue weighted by Crippen LogP contribution is -2.72. The van der Waals surface area contributed by atoms with Crippen LogP contribution in [0.5, 0.6) is 0 Å². The van der Waals surface area contributed by atoms with E-state index in [2.05, 4.69) is 5.32 Å².